The normalized spacial score (nSPS) is 22.4. The Hall–Kier alpha value is -1.47. The number of fused-ring (bicyclic) bond motifs is 1. The number of hydrogen-bond donors (Lipinski definition) is 2. The molecule has 74 valence electrons. The molecule has 2 rings (SSSR count). The van der Waals surface area contributed by atoms with Gasteiger partial charge >= 0.3 is 0 Å². The van der Waals surface area contributed by atoms with Crippen LogP contribution in [0, 0.1) is 5.21 Å². The zero-order valence-electron chi connectivity index (χ0n) is 7.25. The summed E-state index contributed by atoms with van der Waals surface area (Å²) in [7, 11) is 0. The van der Waals surface area contributed by atoms with Crippen LogP contribution in [-0.2, 0) is 0 Å². The molecule has 1 aromatic rings. The summed E-state index contributed by atoms with van der Waals surface area (Å²) >= 11 is 0. The molecule has 1 unspecified atom stereocenters. The van der Waals surface area contributed by atoms with Gasteiger partial charge in [-0.25, -0.2) is 5.84 Å². The Bertz CT molecular complexity index is 381. The fourth-order valence-electron chi connectivity index (χ4n) is 1.41. The molecule has 1 heterocycles. The monoisotopic (exact) mass is 193 g/mol. The molecule has 0 radical (unpaired) electrons. The molecule has 0 saturated carbocycles. The second kappa shape index (κ2) is 3.03. The van der Waals surface area contributed by atoms with E-state index in [1.165, 1.54) is 0 Å². The lowest BCUT2D eigenvalue weighted by Crippen LogP contribution is -2.55. The average Bonchev–Trinajstić information content (AvgIpc) is 2.23. The predicted molar refractivity (Wildman–Crippen MR) is 48.9 cm³/mol. The maximum absolute atomic E-state index is 11.4. The van der Waals surface area contributed by atoms with E-state index in [-0.39, 0.29) is 5.17 Å². The molecule has 0 spiro atoms. The van der Waals surface area contributed by atoms with Crippen LogP contribution in [0.1, 0.15) is 22.1 Å². The Morgan fingerprint density at radius 2 is 2.00 bits per heavy atom. The van der Waals surface area contributed by atoms with E-state index >= 15 is 0 Å². The molecule has 6 heteroatoms. The molecule has 1 aliphatic rings. The summed E-state index contributed by atoms with van der Waals surface area (Å²) in [5.74, 6) is 4.64. The largest absolute Gasteiger partial charge is 0.740 e. The van der Waals surface area contributed by atoms with E-state index < -0.39 is 12.1 Å². The quantitative estimate of drug-likeness (QED) is 0.550. The van der Waals surface area contributed by atoms with Gasteiger partial charge in [-0.3, -0.25) is 4.79 Å². The van der Waals surface area contributed by atoms with Crippen molar-refractivity contribution in [1.29, 1.82) is 0 Å². The Balaban J connectivity index is 2.56. The van der Waals surface area contributed by atoms with Crippen LogP contribution in [0.2, 0.25) is 0 Å². The Labute approximate surface area is 80.2 Å². The minimum Gasteiger partial charge on any atom is -0.740 e. The number of carbonyl (C=O) groups is 1. The van der Waals surface area contributed by atoms with E-state index in [0.29, 0.717) is 16.2 Å². The summed E-state index contributed by atoms with van der Waals surface area (Å²) in [6.07, 6.45) is -0.776. The van der Waals surface area contributed by atoms with Crippen molar-refractivity contribution in [2.24, 2.45) is 11.6 Å². The number of amides is 1. The molecule has 4 N–H and O–H groups in total. The highest BCUT2D eigenvalue weighted by atomic mass is 16.6. The van der Waals surface area contributed by atoms with Crippen LogP contribution in [-0.4, -0.2) is 16.2 Å². The Morgan fingerprint density at radius 1 is 1.36 bits per heavy atom. The van der Waals surface area contributed by atoms with Crippen LogP contribution in [0.5, 0.6) is 0 Å². The summed E-state index contributed by atoms with van der Waals surface area (Å²) in [6, 6.07) is 6.63. The molecule has 1 aliphatic heterocycles. The standard InChI is InChI=1S/C8H9N4O2/c9-7-5-3-1-2-4-6(5)8(13)12(14)11(7)10/h1-4,7H,9-10H2/q-1. The molecule has 0 fully saturated rings. The van der Waals surface area contributed by atoms with Crippen LogP contribution in [0.4, 0.5) is 0 Å². The molecule has 14 heavy (non-hydrogen) atoms. The molecule has 1 aromatic carbocycles. The van der Waals surface area contributed by atoms with Gasteiger partial charge in [0.05, 0.1) is 0 Å². The minimum absolute atomic E-state index is 0.0625. The molecular formula is C8H9N4O2-. The summed E-state index contributed by atoms with van der Waals surface area (Å²) < 4.78 is 0. The van der Waals surface area contributed by atoms with Crippen molar-refractivity contribution in [3.63, 3.8) is 0 Å². The van der Waals surface area contributed by atoms with Crippen LogP contribution in [0.15, 0.2) is 24.3 Å². The summed E-state index contributed by atoms with van der Waals surface area (Å²) in [5.41, 5.74) is 6.51. The highest BCUT2D eigenvalue weighted by molar-refractivity contribution is 5.96. The first-order valence-corrected chi connectivity index (χ1v) is 4.03. The van der Waals surface area contributed by atoms with E-state index in [1.54, 1.807) is 24.3 Å². The molecule has 1 amide bonds. The van der Waals surface area contributed by atoms with E-state index in [4.69, 9.17) is 11.6 Å². The average molecular weight is 193 g/mol. The van der Waals surface area contributed by atoms with E-state index in [1.807, 2.05) is 0 Å². The van der Waals surface area contributed by atoms with Crippen molar-refractivity contribution in [2.45, 2.75) is 6.17 Å². The van der Waals surface area contributed by atoms with Crippen molar-refractivity contribution in [3.8, 4) is 0 Å². The number of benzene rings is 1. The van der Waals surface area contributed by atoms with Gasteiger partial charge < -0.3 is 16.1 Å². The molecule has 1 atom stereocenters. The Morgan fingerprint density at radius 3 is 2.71 bits per heavy atom. The summed E-state index contributed by atoms with van der Waals surface area (Å²) in [4.78, 5) is 11.4. The molecule has 0 aromatic heterocycles. The highest BCUT2D eigenvalue weighted by Gasteiger charge is 2.28. The van der Waals surface area contributed by atoms with Gasteiger partial charge in [-0.05, 0) is 11.6 Å². The Kier molecular flexibility index (Phi) is 1.97. The lowest BCUT2D eigenvalue weighted by Gasteiger charge is -2.43. The van der Waals surface area contributed by atoms with Gasteiger partial charge in [-0.2, -0.15) is 0 Å². The van der Waals surface area contributed by atoms with E-state index in [2.05, 4.69) is 0 Å². The van der Waals surface area contributed by atoms with Gasteiger partial charge in [-0.15, -0.1) is 5.12 Å². The number of hydroxylamine groups is 1. The lowest BCUT2D eigenvalue weighted by atomic mass is 10.0. The first-order chi connectivity index (χ1) is 6.63. The highest BCUT2D eigenvalue weighted by Crippen LogP contribution is 2.25. The van der Waals surface area contributed by atoms with Gasteiger partial charge in [0.1, 0.15) is 6.17 Å². The first-order valence-electron chi connectivity index (χ1n) is 4.03. The van der Waals surface area contributed by atoms with Crippen LogP contribution in [0.25, 0.3) is 0 Å². The third kappa shape index (κ3) is 1.10. The van der Waals surface area contributed by atoms with Crippen LogP contribution in [0.3, 0.4) is 0 Å². The minimum atomic E-state index is -0.776. The molecular weight excluding hydrogens is 184 g/mol. The number of nitrogens with zero attached hydrogens (tertiary/aromatic N) is 2. The molecule has 0 saturated heterocycles. The first kappa shape index (κ1) is 9.10. The molecule has 0 aliphatic carbocycles. The molecule has 0 bridgehead atoms. The second-order valence-electron chi connectivity index (χ2n) is 2.99. The zero-order valence-corrected chi connectivity index (χ0v) is 7.25. The van der Waals surface area contributed by atoms with Gasteiger partial charge in [0.15, 0.2) is 0 Å². The maximum atomic E-state index is 11.4. The fourth-order valence-corrected chi connectivity index (χ4v) is 1.41. The predicted octanol–water partition coefficient (Wildman–Crippen LogP) is -0.312. The van der Waals surface area contributed by atoms with E-state index in [9.17, 15) is 10.0 Å². The third-order valence-corrected chi connectivity index (χ3v) is 2.18. The number of carbonyl (C=O) groups excluding carboxylic acids is 1. The zero-order chi connectivity index (χ0) is 10.3. The van der Waals surface area contributed by atoms with Gasteiger partial charge in [-0.1, -0.05) is 18.2 Å². The van der Waals surface area contributed by atoms with Crippen molar-refractivity contribution in [2.75, 3.05) is 0 Å². The van der Waals surface area contributed by atoms with Crippen molar-refractivity contribution < 1.29 is 4.79 Å². The van der Waals surface area contributed by atoms with E-state index in [0.717, 1.165) is 0 Å². The maximum Gasteiger partial charge on any atom is 0.259 e. The number of nitrogens with two attached hydrogens (primary N) is 2. The topological polar surface area (TPSA) is 98.6 Å². The number of hydrazine groups is 2. The lowest BCUT2D eigenvalue weighted by molar-refractivity contribution is -0.0177. The van der Waals surface area contributed by atoms with Gasteiger partial charge in [0.25, 0.3) is 5.91 Å². The second-order valence-corrected chi connectivity index (χ2v) is 2.99. The number of rotatable bonds is 0. The van der Waals surface area contributed by atoms with Crippen LogP contribution < -0.4 is 11.6 Å². The van der Waals surface area contributed by atoms with Gasteiger partial charge in [0.2, 0.25) is 0 Å². The third-order valence-electron chi connectivity index (χ3n) is 2.18. The summed E-state index contributed by atoms with van der Waals surface area (Å²) in [6.45, 7) is 0. The summed E-state index contributed by atoms with van der Waals surface area (Å²) in [5, 5.41) is 11.9. The SMILES string of the molecule is NC1c2ccccc2C(=O)N([O-])N1N. The van der Waals surface area contributed by atoms with Crippen molar-refractivity contribution in [3.05, 3.63) is 40.6 Å². The van der Waals surface area contributed by atoms with Gasteiger partial charge in [0, 0.05) is 5.56 Å². The van der Waals surface area contributed by atoms with Crippen molar-refractivity contribution in [1.82, 2.24) is 10.3 Å². The number of hydrogen-bond acceptors (Lipinski definition) is 5. The van der Waals surface area contributed by atoms with Crippen LogP contribution >= 0.6 is 0 Å². The fraction of sp³-hybridized carbons (Fsp3) is 0.125. The van der Waals surface area contributed by atoms with Crippen molar-refractivity contribution >= 4 is 5.91 Å². The smallest absolute Gasteiger partial charge is 0.259 e. The molecule has 6 nitrogen and oxygen atoms in total.